The Morgan fingerprint density at radius 2 is 1.83 bits per heavy atom. The Hall–Kier alpha value is -0.723. The molecule has 6 heteroatoms. The summed E-state index contributed by atoms with van der Waals surface area (Å²) in [5, 5.41) is 1.28. The first-order chi connectivity index (χ1) is 13.2. The zero-order valence-corrected chi connectivity index (χ0v) is 21.0. The van der Waals surface area contributed by atoms with Crippen molar-refractivity contribution >= 4 is 14.2 Å². The lowest BCUT2D eigenvalue weighted by atomic mass is 9.61. The van der Waals surface area contributed by atoms with Crippen molar-refractivity contribution in [1.29, 1.82) is 0 Å². The van der Waals surface area contributed by atoms with Gasteiger partial charge in [0.2, 0.25) is 0 Å². The minimum Gasteiger partial charge on any atom is -0.414 e. The van der Waals surface area contributed by atoms with E-state index >= 15 is 4.39 Å². The van der Waals surface area contributed by atoms with Crippen LogP contribution >= 0.6 is 0 Å². The second-order valence-corrected chi connectivity index (χ2v) is 15.8. The van der Waals surface area contributed by atoms with Gasteiger partial charge in [-0.2, -0.15) is 0 Å². The van der Waals surface area contributed by atoms with Crippen LogP contribution in [0.3, 0.4) is 0 Å². The number of likely N-dealkylation sites (N-methyl/N-ethyl adjacent to an activating group) is 1. The number of alkyl halides is 1. The van der Waals surface area contributed by atoms with Gasteiger partial charge in [0.05, 0.1) is 7.11 Å². The molecule has 2 fully saturated rings. The number of amides is 1. The van der Waals surface area contributed by atoms with E-state index < -0.39 is 14.0 Å². The fourth-order valence-corrected chi connectivity index (χ4v) is 6.68. The zero-order chi connectivity index (χ0) is 22.3. The van der Waals surface area contributed by atoms with E-state index in [0.717, 1.165) is 37.2 Å². The quantitative estimate of drug-likeness (QED) is 0.301. The topological polar surface area (TPSA) is 38.8 Å². The van der Waals surface area contributed by atoms with Crippen molar-refractivity contribution in [2.24, 2.45) is 17.3 Å². The molecule has 29 heavy (non-hydrogen) atoms. The fourth-order valence-electron chi connectivity index (χ4n) is 5.29. The Kier molecular flexibility index (Phi) is 7.13. The first-order valence-corrected chi connectivity index (χ1v) is 13.9. The summed E-state index contributed by atoms with van der Waals surface area (Å²) in [6.07, 6.45) is 8.00. The third-order valence-electron chi connectivity index (χ3n) is 8.13. The number of halogens is 1. The van der Waals surface area contributed by atoms with Gasteiger partial charge in [-0.05, 0) is 68.1 Å². The van der Waals surface area contributed by atoms with Crippen LogP contribution < -0.4 is 0 Å². The molecule has 1 unspecified atom stereocenters. The lowest BCUT2D eigenvalue weighted by Gasteiger charge is -2.50. The minimum atomic E-state index is -1.87. The Morgan fingerprint density at radius 3 is 2.38 bits per heavy atom. The lowest BCUT2D eigenvalue weighted by molar-refractivity contribution is -0.162. The smallest absolute Gasteiger partial charge is 0.269 e. The maximum Gasteiger partial charge on any atom is 0.269 e. The van der Waals surface area contributed by atoms with Gasteiger partial charge in [0, 0.05) is 25.1 Å². The van der Waals surface area contributed by atoms with E-state index in [2.05, 4.69) is 40.8 Å². The van der Waals surface area contributed by atoms with Crippen molar-refractivity contribution in [2.45, 2.75) is 96.6 Å². The number of hydrogen-bond donors (Lipinski definition) is 0. The predicted molar refractivity (Wildman–Crippen MR) is 119 cm³/mol. The number of hydrogen-bond acceptors (Lipinski definition) is 3. The van der Waals surface area contributed by atoms with E-state index in [-0.39, 0.29) is 28.4 Å². The molecule has 0 saturated heterocycles. The Bertz CT molecular complexity index is 628. The van der Waals surface area contributed by atoms with Crippen LogP contribution in [0.4, 0.5) is 4.39 Å². The zero-order valence-electron chi connectivity index (χ0n) is 20.0. The second kappa shape index (κ2) is 8.43. The van der Waals surface area contributed by atoms with Gasteiger partial charge in [0.25, 0.3) is 5.91 Å². The molecule has 0 aromatic carbocycles. The van der Waals surface area contributed by atoms with Crippen LogP contribution in [-0.2, 0) is 14.1 Å². The van der Waals surface area contributed by atoms with Crippen LogP contribution in [0.2, 0.25) is 18.1 Å². The van der Waals surface area contributed by atoms with Gasteiger partial charge >= 0.3 is 0 Å². The molecule has 0 aromatic heterocycles. The molecule has 168 valence electrons. The summed E-state index contributed by atoms with van der Waals surface area (Å²) in [7, 11) is 1.08. The lowest BCUT2D eigenvalue weighted by Crippen LogP contribution is -2.51. The van der Waals surface area contributed by atoms with Crippen LogP contribution in [0.25, 0.3) is 0 Å². The summed E-state index contributed by atoms with van der Waals surface area (Å²) in [4.78, 5) is 16.9. The van der Waals surface area contributed by atoms with Gasteiger partial charge in [-0.1, -0.05) is 34.1 Å². The highest BCUT2D eigenvalue weighted by Crippen LogP contribution is 2.60. The number of carbonyl (C=O) groups excluding carboxylic acids is 1. The van der Waals surface area contributed by atoms with Gasteiger partial charge in [-0.3, -0.25) is 9.63 Å². The maximum absolute atomic E-state index is 15.9. The summed E-state index contributed by atoms with van der Waals surface area (Å²) in [5.74, 6) is -0.0715. The molecule has 4 nitrogen and oxygen atoms in total. The van der Waals surface area contributed by atoms with Crippen molar-refractivity contribution < 1.29 is 18.4 Å². The van der Waals surface area contributed by atoms with Crippen molar-refractivity contribution in [2.75, 3.05) is 14.2 Å². The molecule has 0 bridgehead atoms. The number of allylic oxidation sites excluding steroid dienone is 1. The van der Waals surface area contributed by atoms with Crippen LogP contribution in [0.5, 0.6) is 0 Å². The molecule has 0 N–H and O–H groups in total. The Morgan fingerprint density at radius 1 is 1.21 bits per heavy atom. The largest absolute Gasteiger partial charge is 0.414 e. The molecule has 2 rings (SSSR count). The van der Waals surface area contributed by atoms with Crippen molar-refractivity contribution in [1.82, 2.24) is 5.06 Å². The summed E-state index contributed by atoms with van der Waals surface area (Å²) in [5.41, 5.74) is -1.64. The van der Waals surface area contributed by atoms with Crippen LogP contribution in [0.15, 0.2) is 12.2 Å². The first-order valence-electron chi connectivity index (χ1n) is 11.0. The molecule has 0 aliphatic heterocycles. The van der Waals surface area contributed by atoms with Gasteiger partial charge in [0.15, 0.2) is 8.32 Å². The molecular weight excluding hydrogens is 385 g/mol. The molecular formula is C23H42FNO3Si. The van der Waals surface area contributed by atoms with Gasteiger partial charge < -0.3 is 4.43 Å². The Balaban J connectivity index is 2.21. The number of rotatable bonds is 6. The molecule has 2 aliphatic rings. The SMILES string of the molecule is CON(C)C(=O)/C=C/[C@](C)(F)[C@H]1CC[C@H]2C(O[Si](C)(C)C(C)(C)C)CCC[C@@]21C. The summed E-state index contributed by atoms with van der Waals surface area (Å²) < 4.78 is 22.7. The summed E-state index contributed by atoms with van der Waals surface area (Å²) in [6.45, 7) is 15.3. The number of fused-ring (bicyclic) bond motifs is 1. The number of nitrogens with zero attached hydrogens (tertiary/aromatic N) is 1. The predicted octanol–water partition coefficient (Wildman–Crippen LogP) is 5.90. The first kappa shape index (κ1) is 24.5. The standard InChI is InChI=1S/C23H42FNO3Si/c1-21(2,3)29(8,9)28-18-11-10-15-22(4)17(18)12-13-19(22)23(5,24)16-14-20(26)25(6)27-7/h14,16-19H,10-13,15H2,1-9H3/b16-14+/t17-,18?,19-,22-,23-/m0/s1. The molecule has 0 spiro atoms. The van der Waals surface area contributed by atoms with E-state index in [0.29, 0.717) is 5.92 Å². The van der Waals surface area contributed by atoms with E-state index in [4.69, 9.17) is 9.26 Å². The summed E-state index contributed by atoms with van der Waals surface area (Å²) >= 11 is 0. The van der Waals surface area contributed by atoms with E-state index in [1.807, 2.05) is 0 Å². The molecule has 5 atom stereocenters. The van der Waals surface area contributed by atoms with Gasteiger partial charge in [0.1, 0.15) is 5.67 Å². The average molecular weight is 428 g/mol. The normalized spacial score (nSPS) is 32.8. The fraction of sp³-hybridized carbons (Fsp3) is 0.870. The highest BCUT2D eigenvalue weighted by Gasteiger charge is 2.57. The third kappa shape index (κ3) is 4.96. The molecule has 2 aliphatic carbocycles. The molecule has 0 heterocycles. The molecule has 1 amide bonds. The van der Waals surface area contributed by atoms with Gasteiger partial charge in [-0.25, -0.2) is 9.45 Å². The highest BCUT2D eigenvalue weighted by atomic mass is 28.4. The maximum atomic E-state index is 15.9. The summed E-state index contributed by atoms with van der Waals surface area (Å²) in [6, 6.07) is 0. The van der Waals surface area contributed by atoms with Crippen LogP contribution in [0.1, 0.15) is 66.7 Å². The number of carbonyl (C=O) groups is 1. The van der Waals surface area contributed by atoms with Crippen molar-refractivity contribution in [3.05, 3.63) is 12.2 Å². The van der Waals surface area contributed by atoms with Gasteiger partial charge in [-0.15, -0.1) is 0 Å². The molecule has 0 radical (unpaired) electrons. The monoisotopic (exact) mass is 427 g/mol. The number of hydroxylamine groups is 2. The average Bonchev–Trinajstić information content (AvgIpc) is 2.96. The van der Waals surface area contributed by atoms with Crippen molar-refractivity contribution in [3.8, 4) is 0 Å². The van der Waals surface area contributed by atoms with E-state index in [9.17, 15) is 4.79 Å². The highest BCUT2D eigenvalue weighted by molar-refractivity contribution is 6.74. The van der Waals surface area contributed by atoms with E-state index in [1.165, 1.54) is 26.3 Å². The van der Waals surface area contributed by atoms with Crippen molar-refractivity contribution in [3.63, 3.8) is 0 Å². The Labute approximate surface area is 178 Å². The molecule has 2 saturated carbocycles. The van der Waals surface area contributed by atoms with Crippen LogP contribution in [0, 0.1) is 17.3 Å². The second-order valence-electron chi connectivity index (χ2n) is 11.1. The molecule has 0 aromatic rings. The minimum absolute atomic E-state index is 0.102. The van der Waals surface area contributed by atoms with E-state index in [1.54, 1.807) is 6.92 Å². The third-order valence-corrected chi connectivity index (χ3v) is 12.6. The van der Waals surface area contributed by atoms with Crippen LogP contribution in [-0.4, -0.2) is 45.2 Å².